The Morgan fingerprint density at radius 1 is 0.810 bits per heavy atom. The molecule has 0 aliphatic rings. The van der Waals surface area contributed by atoms with E-state index in [4.69, 9.17) is 4.74 Å². The summed E-state index contributed by atoms with van der Waals surface area (Å²) < 4.78 is 5.80. The minimum Gasteiger partial charge on any atom is -0.457 e. The van der Waals surface area contributed by atoms with Crippen LogP contribution in [0.1, 0.15) is 31.7 Å². The minimum atomic E-state index is 0.883. The van der Waals surface area contributed by atoms with Crippen LogP contribution < -0.4 is 10.1 Å². The molecule has 0 unspecified atom stereocenters. The van der Waals surface area contributed by atoms with Crippen molar-refractivity contribution in [1.29, 1.82) is 0 Å². The zero-order valence-electron chi connectivity index (χ0n) is 12.8. The van der Waals surface area contributed by atoms with Gasteiger partial charge in [0, 0.05) is 0 Å². The van der Waals surface area contributed by atoms with Crippen molar-refractivity contribution in [2.75, 3.05) is 13.1 Å². The Morgan fingerprint density at radius 3 is 2.24 bits per heavy atom. The zero-order valence-corrected chi connectivity index (χ0v) is 12.8. The van der Waals surface area contributed by atoms with Gasteiger partial charge in [-0.2, -0.15) is 0 Å². The zero-order chi connectivity index (χ0) is 14.8. The Morgan fingerprint density at radius 2 is 1.52 bits per heavy atom. The summed E-state index contributed by atoms with van der Waals surface area (Å²) in [6.45, 7) is 4.36. The lowest BCUT2D eigenvalue weighted by atomic mass is 10.1. The average molecular weight is 283 g/mol. The van der Waals surface area contributed by atoms with E-state index < -0.39 is 0 Å². The van der Waals surface area contributed by atoms with Crippen LogP contribution in [0.2, 0.25) is 0 Å². The van der Waals surface area contributed by atoms with E-state index in [9.17, 15) is 0 Å². The van der Waals surface area contributed by atoms with Gasteiger partial charge in [0.1, 0.15) is 11.5 Å². The summed E-state index contributed by atoms with van der Waals surface area (Å²) in [5, 5.41) is 3.36. The minimum absolute atomic E-state index is 0.883. The molecule has 2 heteroatoms. The maximum absolute atomic E-state index is 5.80. The highest BCUT2D eigenvalue weighted by Gasteiger charge is 1.98. The van der Waals surface area contributed by atoms with E-state index in [1.54, 1.807) is 0 Å². The highest BCUT2D eigenvalue weighted by molar-refractivity contribution is 5.32. The Kier molecular flexibility index (Phi) is 6.82. The van der Waals surface area contributed by atoms with Crippen LogP contribution in [0.3, 0.4) is 0 Å². The molecule has 0 spiro atoms. The van der Waals surface area contributed by atoms with E-state index in [0.717, 1.165) is 31.0 Å². The standard InChI is InChI=1S/C19H25NO/c1-2-20-16-8-4-5-9-17-12-14-19(15-13-17)21-18-10-6-3-7-11-18/h3,6-7,10-15,20H,2,4-5,8-9,16H2,1H3. The van der Waals surface area contributed by atoms with Crippen molar-refractivity contribution in [1.82, 2.24) is 5.32 Å². The van der Waals surface area contributed by atoms with Crippen molar-refractivity contribution in [2.24, 2.45) is 0 Å². The second-order valence-corrected chi connectivity index (χ2v) is 5.22. The first-order chi connectivity index (χ1) is 10.4. The number of aryl methyl sites for hydroxylation is 1. The quantitative estimate of drug-likeness (QED) is 0.667. The molecule has 0 aromatic heterocycles. The smallest absolute Gasteiger partial charge is 0.127 e. The second kappa shape index (κ2) is 9.19. The Bertz CT molecular complexity index is 493. The molecule has 0 saturated carbocycles. The summed E-state index contributed by atoms with van der Waals surface area (Å²) in [7, 11) is 0. The van der Waals surface area contributed by atoms with Gasteiger partial charge in [0.2, 0.25) is 0 Å². The maximum atomic E-state index is 5.80. The summed E-state index contributed by atoms with van der Waals surface area (Å²) in [6, 6.07) is 18.4. The van der Waals surface area contributed by atoms with Gasteiger partial charge in [0.25, 0.3) is 0 Å². The number of ether oxygens (including phenoxy) is 1. The molecule has 0 amide bonds. The summed E-state index contributed by atoms with van der Waals surface area (Å²) >= 11 is 0. The van der Waals surface area contributed by atoms with Gasteiger partial charge in [0.05, 0.1) is 0 Å². The lowest BCUT2D eigenvalue weighted by molar-refractivity contribution is 0.482. The third-order valence-electron chi connectivity index (χ3n) is 3.47. The van der Waals surface area contributed by atoms with Crippen LogP contribution in [-0.4, -0.2) is 13.1 Å². The molecule has 0 heterocycles. The molecule has 2 aromatic carbocycles. The van der Waals surface area contributed by atoms with Gasteiger partial charge in [-0.3, -0.25) is 0 Å². The van der Waals surface area contributed by atoms with Gasteiger partial charge in [-0.05, 0) is 62.2 Å². The van der Waals surface area contributed by atoms with Crippen LogP contribution >= 0.6 is 0 Å². The fourth-order valence-corrected chi connectivity index (χ4v) is 2.28. The first-order valence-electron chi connectivity index (χ1n) is 7.91. The largest absolute Gasteiger partial charge is 0.457 e. The molecule has 0 aliphatic carbocycles. The van der Waals surface area contributed by atoms with Gasteiger partial charge < -0.3 is 10.1 Å². The number of benzene rings is 2. The molecule has 0 bridgehead atoms. The Balaban J connectivity index is 1.72. The molecule has 112 valence electrons. The average Bonchev–Trinajstić information content (AvgIpc) is 2.53. The fourth-order valence-electron chi connectivity index (χ4n) is 2.28. The molecule has 0 atom stereocenters. The second-order valence-electron chi connectivity index (χ2n) is 5.22. The third-order valence-corrected chi connectivity index (χ3v) is 3.47. The number of nitrogens with one attached hydrogen (secondary N) is 1. The van der Waals surface area contributed by atoms with E-state index in [1.165, 1.54) is 24.8 Å². The predicted molar refractivity (Wildman–Crippen MR) is 89.1 cm³/mol. The molecule has 2 nitrogen and oxygen atoms in total. The highest BCUT2D eigenvalue weighted by atomic mass is 16.5. The van der Waals surface area contributed by atoms with Crippen molar-refractivity contribution < 1.29 is 4.74 Å². The van der Waals surface area contributed by atoms with Crippen molar-refractivity contribution >= 4 is 0 Å². The van der Waals surface area contributed by atoms with Gasteiger partial charge >= 0.3 is 0 Å². The van der Waals surface area contributed by atoms with E-state index in [1.807, 2.05) is 30.3 Å². The number of para-hydroxylation sites is 1. The van der Waals surface area contributed by atoms with Crippen LogP contribution in [0.5, 0.6) is 11.5 Å². The summed E-state index contributed by atoms with van der Waals surface area (Å²) in [6.07, 6.45) is 4.96. The SMILES string of the molecule is CCNCCCCCc1ccc(Oc2ccccc2)cc1. The molecular formula is C19H25NO. The van der Waals surface area contributed by atoms with Crippen LogP contribution in [0.25, 0.3) is 0 Å². The van der Waals surface area contributed by atoms with Crippen LogP contribution in [0, 0.1) is 0 Å². The number of hydrogen-bond acceptors (Lipinski definition) is 2. The van der Waals surface area contributed by atoms with E-state index in [2.05, 4.69) is 36.5 Å². The maximum Gasteiger partial charge on any atom is 0.127 e. The van der Waals surface area contributed by atoms with Crippen molar-refractivity contribution in [3.8, 4) is 11.5 Å². The van der Waals surface area contributed by atoms with Crippen LogP contribution in [0.4, 0.5) is 0 Å². The number of unbranched alkanes of at least 4 members (excludes halogenated alkanes) is 2. The van der Waals surface area contributed by atoms with Gasteiger partial charge in [-0.1, -0.05) is 43.7 Å². The molecule has 0 fully saturated rings. The van der Waals surface area contributed by atoms with E-state index in [-0.39, 0.29) is 0 Å². The molecule has 0 saturated heterocycles. The van der Waals surface area contributed by atoms with E-state index >= 15 is 0 Å². The summed E-state index contributed by atoms with van der Waals surface area (Å²) in [4.78, 5) is 0. The van der Waals surface area contributed by atoms with Crippen LogP contribution in [0.15, 0.2) is 54.6 Å². The van der Waals surface area contributed by atoms with Gasteiger partial charge in [-0.25, -0.2) is 0 Å². The lowest BCUT2D eigenvalue weighted by Gasteiger charge is -2.07. The van der Waals surface area contributed by atoms with Crippen molar-refractivity contribution in [3.05, 3.63) is 60.2 Å². The van der Waals surface area contributed by atoms with Crippen molar-refractivity contribution in [2.45, 2.75) is 32.6 Å². The number of rotatable bonds is 9. The third kappa shape index (κ3) is 6.01. The molecule has 21 heavy (non-hydrogen) atoms. The number of hydrogen-bond donors (Lipinski definition) is 1. The van der Waals surface area contributed by atoms with Gasteiger partial charge in [-0.15, -0.1) is 0 Å². The van der Waals surface area contributed by atoms with Crippen LogP contribution in [-0.2, 0) is 6.42 Å². The topological polar surface area (TPSA) is 21.3 Å². The predicted octanol–water partition coefficient (Wildman–Crippen LogP) is 4.80. The normalized spacial score (nSPS) is 10.5. The molecule has 2 rings (SSSR count). The first-order valence-corrected chi connectivity index (χ1v) is 7.91. The molecule has 1 N–H and O–H groups in total. The van der Waals surface area contributed by atoms with E-state index in [0.29, 0.717) is 0 Å². The molecular weight excluding hydrogens is 258 g/mol. The summed E-state index contributed by atoms with van der Waals surface area (Å²) in [5.41, 5.74) is 1.39. The van der Waals surface area contributed by atoms with Crippen molar-refractivity contribution in [3.63, 3.8) is 0 Å². The highest BCUT2D eigenvalue weighted by Crippen LogP contribution is 2.21. The Labute approximate surface area is 128 Å². The molecule has 2 aromatic rings. The van der Waals surface area contributed by atoms with Gasteiger partial charge in [0.15, 0.2) is 0 Å². The molecule has 0 aliphatic heterocycles. The monoisotopic (exact) mass is 283 g/mol. The fraction of sp³-hybridized carbons (Fsp3) is 0.368. The Hall–Kier alpha value is -1.80. The summed E-state index contributed by atoms with van der Waals surface area (Å²) in [5.74, 6) is 1.78. The molecule has 0 radical (unpaired) electrons. The first kappa shape index (κ1) is 15.6. The lowest BCUT2D eigenvalue weighted by Crippen LogP contribution is -2.13.